The number of hydrogen-bond donors (Lipinski definition) is 0. The summed E-state index contributed by atoms with van der Waals surface area (Å²) in [5.41, 5.74) is 4.91. The molecular formula is C33H44N5O+. The number of methoxy groups -OCH3 is 1. The first-order valence-electron chi connectivity index (χ1n) is 15.5. The molecule has 0 spiro atoms. The van der Waals surface area contributed by atoms with Gasteiger partial charge in [0, 0.05) is 22.0 Å². The lowest BCUT2D eigenvalue weighted by Crippen LogP contribution is -2.42. The van der Waals surface area contributed by atoms with Crippen molar-refractivity contribution < 1.29 is 9.42 Å². The number of benzene rings is 1. The molecule has 6 saturated carbocycles. The zero-order valence-corrected chi connectivity index (χ0v) is 24.3. The normalized spacial score (nSPS) is 29.6. The van der Waals surface area contributed by atoms with Crippen LogP contribution in [0.15, 0.2) is 24.4 Å². The highest BCUT2D eigenvalue weighted by Gasteiger charge is 2.47. The van der Waals surface area contributed by atoms with Crippen LogP contribution in [0.2, 0.25) is 0 Å². The van der Waals surface area contributed by atoms with Crippen LogP contribution in [0.1, 0.15) is 101 Å². The van der Waals surface area contributed by atoms with Gasteiger partial charge in [0.15, 0.2) is 18.6 Å². The second-order valence-electron chi connectivity index (χ2n) is 13.2. The Labute approximate surface area is 233 Å². The van der Waals surface area contributed by atoms with E-state index in [1.54, 1.807) is 7.11 Å². The van der Waals surface area contributed by atoms with Crippen molar-refractivity contribution in [1.29, 1.82) is 0 Å². The van der Waals surface area contributed by atoms with E-state index in [-0.39, 0.29) is 10.8 Å². The molecule has 0 unspecified atom stereocenters. The Balaban J connectivity index is 1.39. The number of ether oxygens (including phenoxy) is 1. The summed E-state index contributed by atoms with van der Waals surface area (Å²) < 4.78 is 10.2. The summed E-state index contributed by atoms with van der Waals surface area (Å²) in [6, 6.07) is 6.75. The van der Waals surface area contributed by atoms with Crippen LogP contribution in [0.25, 0.3) is 22.6 Å². The minimum atomic E-state index is 0.144. The molecule has 0 aliphatic heterocycles. The van der Waals surface area contributed by atoms with Crippen molar-refractivity contribution in [3.63, 3.8) is 0 Å². The first-order valence-corrected chi connectivity index (χ1v) is 15.5. The van der Waals surface area contributed by atoms with Gasteiger partial charge in [0.25, 0.3) is 0 Å². The van der Waals surface area contributed by atoms with Crippen molar-refractivity contribution in [2.75, 3.05) is 7.11 Å². The number of aromatic nitrogens is 5. The van der Waals surface area contributed by atoms with Crippen molar-refractivity contribution in [1.82, 2.24) is 19.6 Å². The van der Waals surface area contributed by atoms with E-state index in [2.05, 4.69) is 54.7 Å². The minimum absolute atomic E-state index is 0.144. The molecule has 6 heteroatoms. The molecule has 6 fully saturated rings. The predicted octanol–water partition coefficient (Wildman–Crippen LogP) is 6.61. The molecule has 6 aliphatic carbocycles. The first kappa shape index (κ1) is 25.2. The molecule has 2 aromatic heterocycles. The van der Waals surface area contributed by atoms with Crippen molar-refractivity contribution in [3.05, 3.63) is 41.6 Å². The molecule has 0 radical (unpaired) electrons. The second-order valence-corrected chi connectivity index (χ2v) is 13.2. The molecule has 6 nitrogen and oxygen atoms in total. The monoisotopic (exact) mass is 526 g/mol. The zero-order chi connectivity index (χ0) is 26.8. The van der Waals surface area contributed by atoms with Crippen LogP contribution in [0.4, 0.5) is 0 Å². The van der Waals surface area contributed by atoms with Crippen molar-refractivity contribution >= 4 is 0 Å². The van der Waals surface area contributed by atoms with E-state index in [1.165, 1.54) is 88.2 Å². The molecule has 0 amide bonds. The van der Waals surface area contributed by atoms with Crippen molar-refractivity contribution in [2.24, 2.45) is 18.9 Å². The van der Waals surface area contributed by atoms with Crippen LogP contribution in [0.5, 0.6) is 5.75 Å². The van der Waals surface area contributed by atoms with Gasteiger partial charge in [0.2, 0.25) is 11.9 Å². The van der Waals surface area contributed by atoms with E-state index in [4.69, 9.17) is 19.7 Å². The van der Waals surface area contributed by atoms with Gasteiger partial charge in [-0.05, 0) is 114 Å². The van der Waals surface area contributed by atoms with Gasteiger partial charge in [-0.15, -0.1) is 9.36 Å². The fraction of sp³-hybridized carbons (Fsp3) is 0.636. The molecule has 0 atom stereocenters. The third kappa shape index (κ3) is 4.03. The Bertz CT molecular complexity index is 1310. The van der Waals surface area contributed by atoms with E-state index >= 15 is 0 Å². The lowest BCUT2D eigenvalue weighted by Gasteiger charge is -2.47. The Kier molecular flexibility index (Phi) is 6.09. The largest absolute Gasteiger partial charge is 0.489 e. The van der Waals surface area contributed by atoms with Gasteiger partial charge in [0.05, 0.1) is 13.7 Å². The van der Waals surface area contributed by atoms with Gasteiger partial charge in [-0.1, -0.05) is 12.1 Å². The molecule has 6 aliphatic rings. The summed E-state index contributed by atoms with van der Waals surface area (Å²) in [7, 11) is 3.84. The number of rotatable bonds is 6. The van der Waals surface area contributed by atoms with E-state index in [0.29, 0.717) is 0 Å². The van der Waals surface area contributed by atoms with Gasteiger partial charge in [-0.3, -0.25) is 0 Å². The molecule has 39 heavy (non-hydrogen) atoms. The van der Waals surface area contributed by atoms with Gasteiger partial charge in [-0.25, -0.2) is 15.0 Å². The number of fused-ring (bicyclic) bond motifs is 6. The van der Waals surface area contributed by atoms with E-state index in [1.807, 2.05) is 0 Å². The SMILES string of the molecule is CCn1c(-c2cc(-c3nc(C45CCC(CC4)CC5)nc(C45CCC(CC4)CC5)n3)ccc2C)c(OC)c[n+]1C. The average Bonchev–Trinajstić information content (AvgIpc) is 3.34. The van der Waals surface area contributed by atoms with Gasteiger partial charge in [0.1, 0.15) is 11.6 Å². The summed E-state index contributed by atoms with van der Waals surface area (Å²) in [6.07, 6.45) is 17.5. The molecule has 0 saturated heterocycles. The lowest BCUT2D eigenvalue weighted by molar-refractivity contribution is -0.752. The van der Waals surface area contributed by atoms with Crippen LogP contribution in [0, 0.1) is 18.8 Å². The van der Waals surface area contributed by atoms with Crippen molar-refractivity contribution in [3.8, 4) is 28.4 Å². The topological polar surface area (TPSA) is 56.7 Å². The second kappa shape index (κ2) is 9.42. The number of aryl methyl sites for hydroxylation is 2. The summed E-state index contributed by atoms with van der Waals surface area (Å²) in [5, 5.41) is 0. The van der Waals surface area contributed by atoms with Crippen LogP contribution in [-0.4, -0.2) is 26.7 Å². The highest BCUT2D eigenvalue weighted by molar-refractivity contribution is 5.74. The molecule has 3 aromatic rings. The van der Waals surface area contributed by atoms with Gasteiger partial charge >= 0.3 is 0 Å². The summed E-state index contributed by atoms with van der Waals surface area (Å²) in [4.78, 5) is 16.2. The molecule has 2 heterocycles. The summed E-state index contributed by atoms with van der Waals surface area (Å²) in [6.45, 7) is 5.24. The molecular weight excluding hydrogens is 482 g/mol. The number of nitrogens with zero attached hydrogens (tertiary/aromatic N) is 5. The quantitative estimate of drug-likeness (QED) is 0.339. The smallest absolute Gasteiger partial charge is 0.237 e. The Morgan fingerprint density at radius 1 is 0.872 bits per heavy atom. The zero-order valence-electron chi connectivity index (χ0n) is 24.3. The Hall–Kier alpha value is -2.76. The molecule has 1 aromatic carbocycles. The Morgan fingerprint density at radius 3 is 1.90 bits per heavy atom. The maximum absolute atomic E-state index is 5.84. The van der Waals surface area contributed by atoms with Crippen LogP contribution in [-0.2, 0) is 24.4 Å². The third-order valence-electron chi connectivity index (χ3n) is 11.2. The summed E-state index contributed by atoms with van der Waals surface area (Å²) >= 11 is 0. The summed E-state index contributed by atoms with van der Waals surface area (Å²) in [5.74, 6) is 5.82. The lowest BCUT2D eigenvalue weighted by atomic mass is 9.59. The molecule has 206 valence electrons. The fourth-order valence-corrected chi connectivity index (χ4v) is 8.55. The third-order valence-corrected chi connectivity index (χ3v) is 11.2. The fourth-order valence-electron chi connectivity index (χ4n) is 8.55. The van der Waals surface area contributed by atoms with Crippen molar-refractivity contribution in [2.45, 2.75) is 108 Å². The van der Waals surface area contributed by atoms with Gasteiger partial charge < -0.3 is 4.74 Å². The van der Waals surface area contributed by atoms with Crippen LogP contribution < -0.4 is 9.42 Å². The minimum Gasteiger partial charge on any atom is -0.489 e. The molecule has 0 N–H and O–H groups in total. The predicted molar refractivity (Wildman–Crippen MR) is 153 cm³/mol. The highest BCUT2D eigenvalue weighted by Crippen LogP contribution is 2.53. The molecule has 9 rings (SSSR count). The van der Waals surface area contributed by atoms with E-state index in [0.717, 1.165) is 52.9 Å². The maximum Gasteiger partial charge on any atom is 0.237 e. The van der Waals surface area contributed by atoms with Crippen LogP contribution in [0.3, 0.4) is 0 Å². The maximum atomic E-state index is 5.84. The van der Waals surface area contributed by atoms with Gasteiger partial charge in [-0.2, -0.15) is 0 Å². The average molecular weight is 527 g/mol. The molecule has 4 bridgehead atoms. The highest BCUT2D eigenvalue weighted by atomic mass is 16.5. The van der Waals surface area contributed by atoms with Crippen LogP contribution >= 0.6 is 0 Å². The van der Waals surface area contributed by atoms with E-state index in [9.17, 15) is 0 Å². The Morgan fingerprint density at radius 2 is 1.41 bits per heavy atom. The number of hydrogen-bond acceptors (Lipinski definition) is 4. The van der Waals surface area contributed by atoms with E-state index < -0.39 is 0 Å². The first-order chi connectivity index (χ1) is 18.9. The standard InChI is InChI=1S/C33H44N5O/c1-5-38-28(27(39-4)21-37(38)3)26-20-25(7-6-22(26)2)29-34-30(32-14-8-23(9-15-32)10-16-32)36-31(35-29)33-17-11-24(12-18-33)13-19-33/h6-7,20-21,23-24H,5,8-19H2,1-4H3/q+1.